The molecule has 5 nitrogen and oxygen atoms in total. The Bertz CT molecular complexity index is 443. The number of rotatable bonds is 9. The van der Waals surface area contributed by atoms with Crippen LogP contribution in [0.1, 0.15) is 19.3 Å². The number of hydrogen-bond acceptors (Lipinski definition) is 4. The minimum absolute atomic E-state index is 0.0699. The van der Waals surface area contributed by atoms with E-state index in [0.29, 0.717) is 31.9 Å². The molecule has 0 aliphatic heterocycles. The van der Waals surface area contributed by atoms with Crippen molar-refractivity contribution in [3.63, 3.8) is 0 Å². The maximum Gasteiger partial charge on any atom is 0.225 e. The average molecular weight is 292 g/mol. The van der Waals surface area contributed by atoms with E-state index in [4.69, 9.17) is 15.2 Å². The molecule has 0 spiro atoms. The number of anilines is 1. The van der Waals surface area contributed by atoms with Crippen LogP contribution in [0.3, 0.4) is 0 Å². The fourth-order valence-corrected chi connectivity index (χ4v) is 1.87. The third kappa shape index (κ3) is 6.04. The molecule has 2 rings (SSSR count). The highest BCUT2D eigenvalue weighted by Gasteiger charge is 2.21. The summed E-state index contributed by atoms with van der Waals surface area (Å²) in [6.45, 7) is 2.45. The molecule has 1 fully saturated rings. The Balaban J connectivity index is 1.55. The van der Waals surface area contributed by atoms with Gasteiger partial charge in [0.05, 0.1) is 19.6 Å². The molecule has 2 N–H and O–H groups in total. The van der Waals surface area contributed by atoms with Crippen molar-refractivity contribution < 1.29 is 14.3 Å². The summed E-state index contributed by atoms with van der Waals surface area (Å²) < 4.78 is 11.0. The molecule has 1 aromatic rings. The second-order valence-corrected chi connectivity index (χ2v) is 5.50. The van der Waals surface area contributed by atoms with Gasteiger partial charge in [-0.25, -0.2) is 0 Å². The van der Waals surface area contributed by atoms with Crippen molar-refractivity contribution >= 4 is 11.6 Å². The first-order valence-electron chi connectivity index (χ1n) is 7.45. The van der Waals surface area contributed by atoms with Crippen LogP contribution in [0.5, 0.6) is 5.75 Å². The van der Waals surface area contributed by atoms with Crippen molar-refractivity contribution in [1.29, 1.82) is 0 Å². The topological polar surface area (TPSA) is 64.8 Å². The quantitative estimate of drug-likeness (QED) is 0.558. The summed E-state index contributed by atoms with van der Waals surface area (Å²) in [5.74, 6) is 1.56. The standard InChI is InChI=1S/C16H24N2O3/c1-18(9-11-20-12-13-2-3-13)16(19)8-10-21-15-6-4-14(17)5-7-15/h4-7,13H,2-3,8-12,17H2,1H3. The molecule has 1 saturated carbocycles. The normalized spacial score (nSPS) is 14.0. The molecule has 0 unspecified atom stereocenters. The largest absolute Gasteiger partial charge is 0.493 e. The molecule has 1 aliphatic rings. The van der Waals surface area contributed by atoms with Gasteiger partial charge in [0, 0.05) is 25.9 Å². The molecule has 0 atom stereocenters. The van der Waals surface area contributed by atoms with Crippen molar-refractivity contribution in [2.24, 2.45) is 5.92 Å². The molecule has 0 saturated heterocycles. The van der Waals surface area contributed by atoms with Gasteiger partial charge in [0.25, 0.3) is 0 Å². The fraction of sp³-hybridized carbons (Fsp3) is 0.562. The van der Waals surface area contributed by atoms with Gasteiger partial charge in [0.1, 0.15) is 5.75 Å². The van der Waals surface area contributed by atoms with E-state index < -0.39 is 0 Å². The summed E-state index contributed by atoms with van der Waals surface area (Å²) in [5.41, 5.74) is 6.29. The lowest BCUT2D eigenvalue weighted by molar-refractivity contribution is -0.131. The zero-order chi connectivity index (χ0) is 15.1. The van der Waals surface area contributed by atoms with Gasteiger partial charge in [0.15, 0.2) is 0 Å². The summed E-state index contributed by atoms with van der Waals surface area (Å²) in [6, 6.07) is 7.16. The number of nitrogen functional groups attached to an aromatic ring is 1. The van der Waals surface area contributed by atoms with E-state index in [-0.39, 0.29) is 5.91 Å². The number of nitrogens with zero attached hydrogens (tertiary/aromatic N) is 1. The van der Waals surface area contributed by atoms with E-state index in [1.165, 1.54) is 12.8 Å². The van der Waals surface area contributed by atoms with Crippen molar-refractivity contribution in [2.75, 3.05) is 39.1 Å². The van der Waals surface area contributed by atoms with Gasteiger partial charge in [0.2, 0.25) is 5.91 Å². The summed E-state index contributed by atoms with van der Waals surface area (Å²) in [7, 11) is 1.80. The van der Waals surface area contributed by atoms with Gasteiger partial charge in [-0.3, -0.25) is 4.79 Å². The van der Waals surface area contributed by atoms with Crippen LogP contribution in [0.15, 0.2) is 24.3 Å². The summed E-state index contributed by atoms with van der Waals surface area (Å²) in [4.78, 5) is 13.6. The van der Waals surface area contributed by atoms with Gasteiger partial charge in [-0.2, -0.15) is 0 Å². The van der Waals surface area contributed by atoms with Gasteiger partial charge in [-0.05, 0) is 43.0 Å². The van der Waals surface area contributed by atoms with E-state index in [2.05, 4.69) is 0 Å². The molecule has 1 aliphatic carbocycles. The van der Waals surface area contributed by atoms with Crippen LogP contribution in [0, 0.1) is 5.92 Å². The highest BCUT2D eigenvalue weighted by Crippen LogP contribution is 2.28. The van der Waals surface area contributed by atoms with Crippen LogP contribution < -0.4 is 10.5 Å². The third-order valence-electron chi connectivity index (χ3n) is 3.51. The van der Waals surface area contributed by atoms with Gasteiger partial charge in [-0.1, -0.05) is 0 Å². The number of ether oxygens (including phenoxy) is 2. The number of hydrogen-bond donors (Lipinski definition) is 1. The van der Waals surface area contributed by atoms with Crippen LogP contribution in [0.2, 0.25) is 0 Å². The van der Waals surface area contributed by atoms with Crippen LogP contribution in [0.4, 0.5) is 5.69 Å². The van der Waals surface area contributed by atoms with E-state index in [1.54, 1.807) is 36.2 Å². The molecular weight excluding hydrogens is 268 g/mol. The Morgan fingerprint density at radius 2 is 2.00 bits per heavy atom. The van der Waals surface area contributed by atoms with E-state index >= 15 is 0 Å². The Kier molecular flexibility index (Phi) is 5.87. The van der Waals surface area contributed by atoms with Gasteiger partial charge < -0.3 is 20.1 Å². The molecule has 5 heteroatoms. The first-order valence-corrected chi connectivity index (χ1v) is 7.45. The summed E-state index contributed by atoms with van der Waals surface area (Å²) in [6.07, 6.45) is 2.94. The zero-order valence-electron chi connectivity index (χ0n) is 12.6. The van der Waals surface area contributed by atoms with Crippen LogP contribution in [-0.4, -0.2) is 44.2 Å². The molecule has 0 heterocycles. The summed E-state index contributed by atoms with van der Waals surface area (Å²) in [5, 5.41) is 0. The van der Waals surface area contributed by atoms with Gasteiger partial charge >= 0.3 is 0 Å². The second kappa shape index (κ2) is 7.88. The van der Waals surface area contributed by atoms with Crippen molar-refractivity contribution in [2.45, 2.75) is 19.3 Å². The number of carbonyl (C=O) groups excluding carboxylic acids is 1. The predicted octanol–water partition coefficient (Wildman–Crippen LogP) is 1.92. The lowest BCUT2D eigenvalue weighted by Gasteiger charge is -2.17. The lowest BCUT2D eigenvalue weighted by Crippen LogP contribution is -2.31. The van der Waals surface area contributed by atoms with E-state index in [1.807, 2.05) is 0 Å². The fourth-order valence-electron chi connectivity index (χ4n) is 1.87. The molecule has 0 radical (unpaired) electrons. The lowest BCUT2D eigenvalue weighted by atomic mass is 10.3. The monoisotopic (exact) mass is 292 g/mol. The maximum atomic E-state index is 11.9. The van der Waals surface area contributed by atoms with E-state index in [0.717, 1.165) is 18.3 Å². The van der Waals surface area contributed by atoms with E-state index in [9.17, 15) is 4.79 Å². The number of amides is 1. The van der Waals surface area contributed by atoms with Crippen LogP contribution >= 0.6 is 0 Å². The Morgan fingerprint density at radius 3 is 2.67 bits per heavy atom. The smallest absolute Gasteiger partial charge is 0.225 e. The van der Waals surface area contributed by atoms with Crippen LogP contribution in [-0.2, 0) is 9.53 Å². The van der Waals surface area contributed by atoms with Crippen molar-refractivity contribution in [3.8, 4) is 5.75 Å². The number of likely N-dealkylation sites (N-methyl/N-ethyl adjacent to an activating group) is 1. The summed E-state index contributed by atoms with van der Waals surface area (Å²) >= 11 is 0. The molecule has 1 aromatic carbocycles. The highest BCUT2D eigenvalue weighted by atomic mass is 16.5. The molecule has 21 heavy (non-hydrogen) atoms. The molecule has 0 aromatic heterocycles. The zero-order valence-corrected chi connectivity index (χ0v) is 12.6. The molecule has 116 valence electrons. The van der Waals surface area contributed by atoms with Crippen LogP contribution in [0.25, 0.3) is 0 Å². The number of carbonyl (C=O) groups is 1. The Morgan fingerprint density at radius 1 is 1.29 bits per heavy atom. The first-order chi connectivity index (χ1) is 10.1. The highest BCUT2D eigenvalue weighted by molar-refractivity contribution is 5.75. The average Bonchev–Trinajstić information content (AvgIpc) is 3.29. The second-order valence-electron chi connectivity index (χ2n) is 5.50. The predicted molar refractivity (Wildman–Crippen MR) is 82.1 cm³/mol. The van der Waals surface area contributed by atoms with Gasteiger partial charge in [-0.15, -0.1) is 0 Å². The third-order valence-corrected chi connectivity index (χ3v) is 3.51. The Hall–Kier alpha value is -1.75. The minimum Gasteiger partial charge on any atom is -0.493 e. The Labute approximate surface area is 126 Å². The molecular formula is C16H24N2O3. The number of nitrogens with two attached hydrogens (primary N) is 1. The molecule has 0 bridgehead atoms. The number of benzene rings is 1. The molecule has 1 amide bonds. The SMILES string of the molecule is CN(CCOCC1CC1)C(=O)CCOc1ccc(N)cc1. The maximum absolute atomic E-state index is 11.9. The minimum atomic E-state index is 0.0699. The first kappa shape index (κ1) is 15.6. The van der Waals surface area contributed by atoms with Crippen molar-refractivity contribution in [3.05, 3.63) is 24.3 Å². The van der Waals surface area contributed by atoms with Crippen molar-refractivity contribution in [1.82, 2.24) is 4.90 Å².